The minimum absolute atomic E-state index is 0.0103. The summed E-state index contributed by atoms with van der Waals surface area (Å²) in [4.78, 5) is 14.4. The molecular formula is C17H23N3O4S3. The number of sulfone groups is 1. The summed E-state index contributed by atoms with van der Waals surface area (Å²) in [7, 11) is -3.48. The lowest BCUT2D eigenvalue weighted by atomic mass is 9.97. The normalized spacial score (nSPS) is 17.7. The fourth-order valence-electron chi connectivity index (χ4n) is 3.22. The largest absolute Gasteiger partial charge is 0.369 e. The fraction of sp³-hybridized carbons (Fsp3) is 0.529. The lowest BCUT2D eigenvalue weighted by Gasteiger charge is -2.36. The van der Waals surface area contributed by atoms with Crippen molar-refractivity contribution in [3.05, 3.63) is 38.6 Å². The van der Waals surface area contributed by atoms with Gasteiger partial charge in [-0.25, -0.2) is 8.42 Å². The predicted molar refractivity (Wildman–Crippen MR) is 110 cm³/mol. The highest BCUT2D eigenvalue weighted by atomic mass is 32.2. The second-order valence-electron chi connectivity index (χ2n) is 6.94. The maximum absolute atomic E-state index is 11.8. The summed E-state index contributed by atoms with van der Waals surface area (Å²) in [6.07, 6.45) is 3.34. The van der Waals surface area contributed by atoms with Gasteiger partial charge in [0.05, 0.1) is 11.0 Å². The van der Waals surface area contributed by atoms with Gasteiger partial charge in [0.2, 0.25) is 0 Å². The number of hydrogen-bond acceptors (Lipinski definition) is 8. The summed E-state index contributed by atoms with van der Waals surface area (Å²) in [5.74, 6) is 0.717. The average Bonchev–Trinajstić information content (AvgIpc) is 3.26. The Morgan fingerprint density at radius 1 is 1.41 bits per heavy atom. The number of piperidine rings is 1. The van der Waals surface area contributed by atoms with Crippen LogP contribution in [0, 0.1) is 16.0 Å². The van der Waals surface area contributed by atoms with Crippen LogP contribution in [-0.4, -0.2) is 44.1 Å². The van der Waals surface area contributed by atoms with Crippen LogP contribution in [0.1, 0.15) is 30.7 Å². The van der Waals surface area contributed by atoms with Crippen LogP contribution in [0.3, 0.4) is 0 Å². The smallest absolute Gasteiger partial charge is 0.304 e. The van der Waals surface area contributed by atoms with Crippen LogP contribution in [-0.2, 0) is 9.84 Å². The van der Waals surface area contributed by atoms with Crippen LogP contribution in [0.25, 0.3) is 0 Å². The summed E-state index contributed by atoms with van der Waals surface area (Å²) < 4.78 is 23.6. The van der Waals surface area contributed by atoms with Crippen molar-refractivity contribution in [3.63, 3.8) is 0 Å². The first-order valence-electron chi connectivity index (χ1n) is 8.75. The Kier molecular flexibility index (Phi) is 6.19. The molecule has 1 N–H and O–H groups in total. The van der Waals surface area contributed by atoms with E-state index < -0.39 is 14.8 Å². The Balaban J connectivity index is 1.81. The first-order valence-corrected chi connectivity index (χ1v) is 12.3. The van der Waals surface area contributed by atoms with Crippen molar-refractivity contribution in [2.24, 2.45) is 5.92 Å². The van der Waals surface area contributed by atoms with E-state index in [-0.39, 0.29) is 15.9 Å². The molecule has 10 heteroatoms. The van der Waals surface area contributed by atoms with E-state index in [0.29, 0.717) is 17.5 Å². The van der Waals surface area contributed by atoms with Crippen LogP contribution in [0.4, 0.5) is 10.7 Å². The molecule has 1 aliphatic rings. The summed E-state index contributed by atoms with van der Waals surface area (Å²) in [6.45, 7) is 4.75. The van der Waals surface area contributed by atoms with Crippen molar-refractivity contribution >= 4 is 43.2 Å². The number of nitrogens with one attached hydrogen (secondary N) is 1. The molecule has 0 bridgehead atoms. The van der Waals surface area contributed by atoms with Crippen molar-refractivity contribution in [1.82, 2.24) is 4.90 Å². The van der Waals surface area contributed by atoms with E-state index in [1.54, 1.807) is 11.3 Å². The molecular weight excluding hydrogens is 406 g/mol. The molecule has 2 aromatic heterocycles. The second kappa shape index (κ2) is 8.26. The number of likely N-dealkylation sites (tertiary alicyclic amines) is 1. The van der Waals surface area contributed by atoms with Crippen LogP contribution < -0.4 is 5.32 Å². The average molecular weight is 430 g/mol. The van der Waals surface area contributed by atoms with Gasteiger partial charge in [-0.05, 0) is 43.3 Å². The molecule has 0 saturated carbocycles. The van der Waals surface area contributed by atoms with Crippen LogP contribution in [0.15, 0.2) is 27.8 Å². The van der Waals surface area contributed by atoms with E-state index in [1.807, 2.05) is 11.4 Å². The summed E-state index contributed by atoms with van der Waals surface area (Å²) in [6, 6.07) is 5.35. The highest BCUT2D eigenvalue weighted by Gasteiger charge is 2.28. The second-order valence-corrected chi connectivity index (χ2v) is 11.2. The first kappa shape index (κ1) is 20.2. The summed E-state index contributed by atoms with van der Waals surface area (Å²) in [5.41, 5.74) is -0.183. The molecule has 7 nitrogen and oxygen atoms in total. The van der Waals surface area contributed by atoms with Gasteiger partial charge in [0, 0.05) is 23.7 Å². The highest BCUT2D eigenvalue weighted by molar-refractivity contribution is 7.92. The molecule has 1 saturated heterocycles. The van der Waals surface area contributed by atoms with Crippen molar-refractivity contribution in [1.29, 1.82) is 0 Å². The first-order chi connectivity index (χ1) is 12.8. The minimum atomic E-state index is -3.48. The quantitative estimate of drug-likeness (QED) is 0.528. The summed E-state index contributed by atoms with van der Waals surface area (Å²) >= 11 is 2.60. The molecule has 0 spiro atoms. The molecule has 1 unspecified atom stereocenters. The van der Waals surface area contributed by atoms with Crippen molar-refractivity contribution < 1.29 is 13.3 Å². The zero-order chi connectivity index (χ0) is 19.6. The van der Waals surface area contributed by atoms with Crippen molar-refractivity contribution in [2.75, 3.05) is 31.2 Å². The Bertz CT molecular complexity index is 885. The zero-order valence-corrected chi connectivity index (χ0v) is 17.7. The maximum Gasteiger partial charge on any atom is 0.304 e. The van der Waals surface area contributed by atoms with Crippen LogP contribution in [0.2, 0.25) is 0 Å². The van der Waals surface area contributed by atoms with Gasteiger partial charge in [-0.1, -0.05) is 24.3 Å². The van der Waals surface area contributed by atoms with Gasteiger partial charge < -0.3 is 5.32 Å². The van der Waals surface area contributed by atoms with Crippen molar-refractivity contribution in [3.8, 4) is 0 Å². The molecule has 1 aliphatic heterocycles. The van der Waals surface area contributed by atoms with E-state index in [1.165, 1.54) is 4.88 Å². The molecule has 0 radical (unpaired) electrons. The number of nitro groups is 1. The van der Waals surface area contributed by atoms with Gasteiger partial charge in [0.25, 0.3) is 0 Å². The third-order valence-electron chi connectivity index (χ3n) is 4.84. The van der Waals surface area contributed by atoms with Crippen molar-refractivity contribution in [2.45, 2.75) is 30.0 Å². The Morgan fingerprint density at radius 2 is 2.11 bits per heavy atom. The Morgan fingerprint density at radius 3 is 2.67 bits per heavy atom. The number of thiophene rings is 2. The van der Waals surface area contributed by atoms with Gasteiger partial charge in [-0.3, -0.25) is 15.0 Å². The zero-order valence-electron chi connectivity index (χ0n) is 15.3. The standard InChI is InChI=1S/C17H23N3O4S3/c1-12-5-7-19(8-6-12)14(15-4-3-9-25-15)11-18-17-13(20(21)22)10-16(26-17)27(2,23)24/h3-4,9-10,12,14,18H,5-8,11H2,1-2H3. The lowest BCUT2D eigenvalue weighted by molar-refractivity contribution is -0.383. The van der Waals surface area contributed by atoms with E-state index in [0.717, 1.165) is 49.6 Å². The fourth-order valence-corrected chi connectivity index (χ4v) is 6.03. The van der Waals surface area contributed by atoms with Gasteiger partial charge in [-0.15, -0.1) is 11.3 Å². The topological polar surface area (TPSA) is 92.6 Å². The number of nitrogens with zero attached hydrogens (tertiary/aromatic N) is 2. The monoisotopic (exact) mass is 429 g/mol. The third-order valence-corrected chi connectivity index (χ3v) is 8.70. The highest BCUT2D eigenvalue weighted by Crippen LogP contribution is 2.38. The van der Waals surface area contributed by atoms with Crippen LogP contribution >= 0.6 is 22.7 Å². The Hall–Kier alpha value is -1.49. The Labute approximate surface area is 167 Å². The number of hydrogen-bond donors (Lipinski definition) is 1. The predicted octanol–water partition coefficient (Wildman–Crippen LogP) is 4.01. The molecule has 0 aliphatic carbocycles. The number of rotatable bonds is 7. The minimum Gasteiger partial charge on any atom is -0.369 e. The molecule has 1 fully saturated rings. The molecule has 3 heterocycles. The van der Waals surface area contributed by atoms with E-state index >= 15 is 0 Å². The summed E-state index contributed by atoms with van der Waals surface area (Å²) in [5, 5.41) is 16.8. The molecule has 0 amide bonds. The molecule has 0 aromatic carbocycles. The molecule has 148 valence electrons. The van der Waals surface area contributed by atoms with Gasteiger partial charge in [0.15, 0.2) is 14.8 Å². The molecule has 1 atom stereocenters. The van der Waals surface area contributed by atoms with Gasteiger partial charge in [-0.2, -0.15) is 0 Å². The molecule has 3 rings (SSSR count). The maximum atomic E-state index is 11.8. The third kappa shape index (κ3) is 4.87. The van der Waals surface area contributed by atoms with Gasteiger partial charge in [0.1, 0.15) is 4.21 Å². The molecule has 2 aromatic rings. The lowest BCUT2D eigenvalue weighted by Crippen LogP contribution is -2.38. The van der Waals surface area contributed by atoms with E-state index in [9.17, 15) is 18.5 Å². The molecule has 27 heavy (non-hydrogen) atoms. The van der Waals surface area contributed by atoms with E-state index in [2.05, 4.69) is 23.2 Å². The van der Waals surface area contributed by atoms with E-state index in [4.69, 9.17) is 0 Å². The SMILES string of the molecule is CC1CCN(C(CNc2sc(S(C)(=O)=O)cc2[N+](=O)[O-])c2cccs2)CC1. The van der Waals surface area contributed by atoms with Gasteiger partial charge >= 0.3 is 5.69 Å². The number of anilines is 1. The van der Waals surface area contributed by atoms with Crippen LogP contribution in [0.5, 0.6) is 0 Å².